The molecule has 3 N–H and O–H groups in total. The van der Waals surface area contributed by atoms with Gasteiger partial charge in [-0.3, -0.25) is 11.3 Å². The molecule has 2 rings (SSSR count). The van der Waals surface area contributed by atoms with Crippen LogP contribution in [-0.4, -0.2) is 5.75 Å². The number of thioether (sulfide) groups is 1. The van der Waals surface area contributed by atoms with Crippen LogP contribution in [0, 0.1) is 0 Å². The minimum atomic E-state index is 0.0453. The summed E-state index contributed by atoms with van der Waals surface area (Å²) in [6, 6.07) is 18.1. The van der Waals surface area contributed by atoms with Gasteiger partial charge in [0.05, 0.1) is 6.04 Å². The molecule has 18 heavy (non-hydrogen) atoms. The average molecular weight is 279 g/mol. The van der Waals surface area contributed by atoms with Crippen molar-refractivity contribution >= 4 is 23.4 Å². The molecule has 0 radical (unpaired) electrons. The van der Waals surface area contributed by atoms with E-state index in [0.29, 0.717) is 0 Å². The molecule has 0 saturated carbocycles. The fourth-order valence-corrected chi connectivity index (χ4v) is 2.93. The summed E-state index contributed by atoms with van der Waals surface area (Å²) in [5.41, 5.74) is 3.86. The smallest absolute Gasteiger partial charge is 0.0568 e. The van der Waals surface area contributed by atoms with Crippen LogP contribution in [-0.2, 0) is 0 Å². The van der Waals surface area contributed by atoms with Gasteiger partial charge in [-0.05, 0) is 23.8 Å². The van der Waals surface area contributed by atoms with Crippen molar-refractivity contribution in [3.05, 3.63) is 65.2 Å². The minimum absolute atomic E-state index is 0.0453. The predicted octanol–water partition coefficient (Wildman–Crippen LogP) is 3.64. The molecule has 4 heteroatoms. The van der Waals surface area contributed by atoms with E-state index in [1.807, 2.05) is 42.5 Å². The second-order valence-corrected chi connectivity index (χ2v) is 5.37. The maximum atomic E-state index is 6.17. The van der Waals surface area contributed by atoms with E-state index in [1.165, 1.54) is 4.90 Å². The van der Waals surface area contributed by atoms with Gasteiger partial charge in [-0.2, -0.15) is 0 Å². The van der Waals surface area contributed by atoms with Crippen molar-refractivity contribution in [3.63, 3.8) is 0 Å². The fourth-order valence-electron chi connectivity index (χ4n) is 1.68. The van der Waals surface area contributed by atoms with Crippen molar-refractivity contribution in [1.29, 1.82) is 0 Å². The Labute approximate surface area is 117 Å². The lowest BCUT2D eigenvalue weighted by atomic mass is 10.1. The zero-order valence-electron chi connectivity index (χ0n) is 9.84. The third kappa shape index (κ3) is 3.50. The molecule has 0 aliphatic heterocycles. The first-order valence-corrected chi connectivity index (χ1v) is 7.06. The zero-order valence-corrected chi connectivity index (χ0v) is 11.4. The summed E-state index contributed by atoms with van der Waals surface area (Å²) in [6.07, 6.45) is 0. The number of nitrogens with two attached hydrogens (primary N) is 1. The maximum Gasteiger partial charge on any atom is 0.0568 e. The molecule has 0 bridgehead atoms. The van der Waals surface area contributed by atoms with E-state index in [4.69, 9.17) is 17.4 Å². The molecule has 2 nitrogen and oxygen atoms in total. The van der Waals surface area contributed by atoms with Crippen LogP contribution >= 0.6 is 23.4 Å². The highest BCUT2D eigenvalue weighted by Crippen LogP contribution is 2.28. The van der Waals surface area contributed by atoms with Crippen LogP contribution in [0.15, 0.2) is 59.5 Å². The standard InChI is InChI=1S/C14H15ClN2S/c15-13-9-5-4-8-12(13)14(17-16)10-18-11-6-2-1-3-7-11/h1-9,14,17H,10,16H2. The lowest BCUT2D eigenvalue weighted by Gasteiger charge is -2.17. The molecule has 0 amide bonds. The molecule has 1 unspecified atom stereocenters. The normalized spacial score (nSPS) is 12.3. The van der Waals surface area contributed by atoms with Gasteiger partial charge in [-0.1, -0.05) is 48.0 Å². The Morgan fingerprint density at radius 1 is 1.06 bits per heavy atom. The van der Waals surface area contributed by atoms with Crippen molar-refractivity contribution in [2.45, 2.75) is 10.9 Å². The monoisotopic (exact) mass is 278 g/mol. The molecule has 2 aromatic carbocycles. The molecular formula is C14H15ClN2S. The average Bonchev–Trinajstić information content (AvgIpc) is 2.42. The summed E-state index contributed by atoms with van der Waals surface area (Å²) >= 11 is 7.93. The summed E-state index contributed by atoms with van der Waals surface area (Å²) in [6.45, 7) is 0. The lowest BCUT2D eigenvalue weighted by molar-refractivity contribution is 0.611. The molecule has 0 aromatic heterocycles. The quantitative estimate of drug-likeness (QED) is 0.498. The fraction of sp³-hybridized carbons (Fsp3) is 0.143. The zero-order chi connectivity index (χ0) is 12.8. The summed E-state index contributed by atoms with van der Waals surface area (Å²) < 4.78 is 0. The third-order valence-corrected chi connectivity index (χ3v) is 4.09. The Morgan fingerprint density at radius 3 is 2.39 bits per heavy atom. The van der Waals surface area contributed by atoms with Gasteiger partial charge in [0.2, 0.25) is 0 Å². The minimum Gasteiger partial charge on any atom is -0.271 e. The van der Waals surface area contributed by atoms with Crippen LogP contribution in [0.1, 0.15) is 11.6 Å². The Bertz CT molecular complexity index is 490. The molecule has 2 aromatic rings. The number of halogens is 1. The third-order valence-electron chi connectivity index (χ3n) is 2.64. The van der Waals surface area contributed by atoms with Gasteiger partial charge in [0, 0.05) is 15.7 Å². The SMILES string of the molecule is NNC(CSc1ccccc1)c1ccccc1Cl. The van der Waals surface area contributed by atoms with Crippen LogP contribution in [0.3, 0.4) is 0 Å². The van der Waals surface area contributed by atoms with Crippen molar-refractivity contribution in [2.75, 3.05) is 5.75 Å². The first kappa shape index (κ1) is 13.4. The molecule has 0 heterocycles. The topological polar surface area (TPSA) is 38.0 Å². The van der Waals surface area contributed by atoms with E-state index in [9.17, 15) is 0 Å². The largest absolute Gasteiger partial charge is 0.271 e. The first-order valence-electron chi connectivity index (χ1n) is 5.69. The van der Waals surface area contributed by atoms with Gasteiger partial charge in [-0.25, -0.2) is 0 Å². The van der Waals surface area contributed by atoms with Gasteiger partial charge in [0.25, 0.3) is 0 Å². The van der Waals surface area contributed by atoms with Gasteiger partial charge < -0.3 is 0 Å². The molecule has 0 saturated heterocycles. The maximum absolute atomic E-state index is 6.17. The Morgan fingerprint density at radius 2 is 1.72 bits per heavy atom. The summed E-state index contributed by atoms with van der Waals surface area (Å²) in [4.78, 5) is 1.23. The predicted molar refractivity (Wildman–Crippen MR) is 78.7 cm³/mol. The van der Waals surface area contributed by atoms with E-state index in [0.717, 1.165) is 16.3 Å². The number of hydrogen-bond donors (Lipinski definition) is 2. The number of hydrazine groups is 1. The summed E-state index contributed by atoms with van der Waals surface area (Å²) in [5.74, 6) is 6.45. The Balaban J connectivity index is 2.04. The molecule has 94 valence electrons. The number of rotatable bonds is 5. The Kier molecular flexibility index (Phi) is 5.08. The van der Waals surface area contributed by atoms with Crippen LogP contribution in [0.5, 0.6) is 0 Å². The van der Waals surface area contributed by atoms with Crippen LogP contribution in [0.2, 0.25) is 5.02 Å². The van der Waals surface area contributed by atoms with E-state index in [2.05, 4.69) is 17.6 Å². The Hall–Kier alpha value is -1.00. The van der Waals surface area contributed by atoms with Crippen molar-refractivity contribution < 1.29 is 0 Å². The molecule has 0 spiro atoms. The van der Waals surface area contributed by atoms with Crippen molar-refractivity contribution in [1.82, 2.24) is 5.43 Å². The summed E-state index contributed by atoms with van der Waals surface area (Å²) in [7, 11) is 0. The lowest BCUT2D eigenvalue weighted by Crippen LogP contribution is -2.29. The highest BCUT2D eigenvalue weighted by atomic mass is 35.5. The highest BCUT2D eigenvalue weighted by Gasteiger charge is 2.12. The van der Waals surface area contributed by atoms with Gasteiger partial charge in [0.1, 0.15) is 0 Å². The molecular weight excluding hydrogens is 264 g/mol. The van der Waals surface area contributed by atoms with E-state index >= 15 is 0 Å². The molecule has 0 aliphatic rings. The molecule has 1 atom stereocenters. The number of nitrogens with one attached hydrogen (secondary N) is 1. The first-order chi connectivity index (χ1) is 8.81. The summed E-state index contributed by atoms with van der Waals surface area (Å²) in [5, 5.41) is 0.745. The van der Waals surface area contributed by atoms with Crippen LogP contribution in [0.4, 0.5) is 0 Å². The number of hydrogen-bond acceptors (Lipinski definition) is 3. The van der Waals surface area contributed by atoms with Gasteiger partial charge >= 0.3 is 0 Å². The highest BCUT2D eigenvalue weighted by molar-refractivity contribution is 7.99. The van der Waals surface area contributed by atoms with E-state index in [-0.39, 0.29) is 6.04 Å². The van der Waals surface area contributed by atoms with E-state index < -0.39 is 0 Å². The second kappa shape index (κ2) is 6.81. The van der Waals surface area contributed by atoms with Crippen molar-refractivity contribution in [2.24, 2.45) is 5.84 Å². The second-order valence-electron chi connectivity index (χ2n) is 3.86. The van der Waals surface area contributed by atoms with Crippen molar-refractivity contribution in [3.8, 4) is 0 Å². The van der Waals surface area contributed by atoms with Crippen LogP contribution in [0.25, 0.3) is 0 Å². The molecule has 0 fully saturated rings. The molecule has 0 aliphatic carbocycles. The van der Waals surface area contributed by atoms with Gasteiger partial charge in [0.15, 0.2) is 0 Å². The number of benzene rings is 2. The van der Waals surface area contributed by atoms with Crippen LogP contribution < -0.4 is 11.3 Å². The van der Waals surface area contributed by atoms with E-state index in [1.54, 1.807) is 11.8 Å². The van der Waals surface area contributed by atoms with Gasteiger partial charge in [-0.15, -0.1) is 11.8 Å².